The van der Waals surface area contributed by atoms with E-state index in [1.807, 2.05) is 6.07 Å². The lowest BCUT2D eigenvalue weighted by atomic mass is 10.3. The van der Waals surface area contributed by atoms with Gasteiger partial charge in [-0.15, -0.1) is 0 Å². The van der Waals surface area contributed by atoms with Gasteiger partial charge in [0.25, 0.3) is 5.91 Å². The Bertz CT molecular complexity index is 1110. The molecule has 0 aliphatic heterocycles. The molecule has 0 spiro atoms. The zero-order chi connectivity index (χ0) is 20.1. The topological polar surface area (TPSA) is 137 Å². The number of rotatable bonds is 6. The number of aromatic nitrogens is 6. The summed E-state index contributed by atoms with van der Waals surface area (Å²) in [6.07, 6.45) is 9.52. The van der Waals surface area contributed by atoms with Crippen LogP contribution in [0.1, 0.15) is 16.2 Å². The minimum atomic E-state index is -0.369. The molecule has 4 aromatic rings. The van der Waals surface area contributed by atoms with E-state index >= 15 is 0 Å². The standard InChI is InChI=1S/C19H17N9O/c20-18-15(3-1-5-22-18)23-10-14-9-13(4-7-21-14)27-19(29)16-11-25-17(12-24-16)28-8-2-6-26-28/h1-9,11-12,23H,10H2,(H2,20,22)(H,21,27,29). The molecule has 29 heavy (non-hydrogen) atoms. The summed E-state index contributed by atoms with van der Waals surface area (Å²) in [4.78, 5) is 29.1. The molecule has 0 atom stereocenters. The van der Waals surface area contributed by atoms with E-state index in [0.29, 0.717) is 23.9 Å². The van der Waals surface area contributed by atoms with E-state index in [1.165, 1.54) is 12.4 Å². The number of hydrogen-bond donors (Lipinski definition) is 3. The van der Waals surface area contributed by atoms with E-state index in [9.17, 15) is 4.79 Å². The number of nitrogens with two attached hydrogens (primary N) is 1. The smallest absolute Gasteiger partial charge is 0.275 e. The van der Waals surface area contributed by atoms with Gasteiger partial charge in [-0.1, -0.05) is 0 Å². The van der Waals surface area contributed by atoms with Gasteiger partial charge in [0, 0.05) is 30.5 Å². The predicted octanol–water partition coefficient (Wildman–Crippen LogP) is 1.90. The van der Waals surface area contributed by atoms with Crippen molar-refractivity contribution < 1.29 is 4.79 Å². The minimum Gasteiger partial charge on any atom is -0.382 e. The van der Waals surface area contributed by atoms with Gasteiger partial charge in [-0.25, -0.2) is 19.6 Å². The van der Waals surface area contributed by atoms with Crippen molar-refractivity contribution in [2.45, 2.75) is 6.54 Å². The van der Waals surface area contributed by atoms with E-state index in [0.717, 1.165) is 11.4 Å². The molecule has 0 aliphatic carbocycles. The molecule has 0 bridgehead atoms. The van der Waals surface area contributed by atoms with Gasteiger partial charge >= 0.3 is 0 Å². The van der Waals surface area contributed by atoms with Crippen LogP contribution in [0, 0.1) is 0 Å². The lowest BCUT2D eigenvalue weighted by molar-refractivity contribution is 0.102. The van der Waals surface area contributed by atoms with Crippen LogP contribution < -0.4 is 16.4 Å². The largest absolute Gasteiger partial charge is 0.382 e. The van der Waals surface area contributed by atoms with Crippen molar-refractivity contribution in [3.8, 4) is 5.82 Å². The third kappa shape index (κ3) is 4.33. The molecule has 0 aliphatic rings. The molecular weight excluding hydrogens is 370 g/mol. The lowest BCUT2D eigenvalue weighted by Gasteiger charge is -2.09. The third-order valence-electron chi connectivity index (χ3n) is 3.98. The Morgan fingerprint density at radius 2 is 1.97 bits per heavy atom. The molecule has 10 heteroatoms. The molecule has 4 rings (SSSR count). The summed E-state index contributed by atoms with van der Waals surface area (Å²) >= 11 is 0. The zero-order valence-corrected chi connectivity index (χ0v) is 15.2. The summed E-state index contributed by atoms with van der Waals surface area (Å²) in [5.41, 5.74) is 8.06. The molecule has 4 heterocycles. The van der Waals surface area contributed by atoms with Crippen LogP contribution in [-0.2, 0) is 6.54 Å². The van der Waals surface area contributed by atoms with Gasteiger partial charge < -0.3 is 16.4 Å². The van der Waals surface area contributed by atoms with Crippen LogP contribution in [0.2, 0.25) is 0 Å². The number of carbonyl (C=O) groups is 1. The Balaban J connectivity index is 1.41. The third-order valence-corrected chi connectivity index (χ3v) is 3.98. The maximum absolute atomic E-state index is 12.5. The summed E-state index contributed by atoms with van der Waals surface area (Å²) < 4.78 is 1.56. The van der Waals surface area contributed by atoms with E-state index in [1.54, 1.807) is 53.7 Å². The number of nitrogen functional groups attached to an aromatic ring is 1. The van der Waals surface area contributed by atoms with E-state index in [-0.39, 0.29) is 11.6 Å². The van der Waals surface area contributed by atoms with Crippen molar-refractivity contribution in [1.82, 2.24) is 29.7 Å². The highest BCUT2D eigenvalue weighted by atomic mass is 16.1. The lowest BCUT2D eigenvalue weighted by Crippen LogP contribution is -2.15. The van der Waals surface area contributed by atoms with Gasteiger partial charge in [0.1, 0.15) is 11.5 Å². The molecule has 0 unspecified atom stereocenters. The van der Waals surface area contributed by atoms with Gasteiger partial charge in [-0.05, 0) is 30.3 Å². The first kappa shape index (κ1) is 18.0. The van der Waals surface area contributed by atoms with Crippen LogP contribution in [0.4, 0.5) is 17.2 Å². The Hall–Kier alpha value is -4.34. The van der Waals surface area contributed by atoms with Crippen molar-refractivity contribution in [2.24, 2.45) is 0 Å². The molecule has 144 valence electrons. The van der Waals surface area contributed by atoms with Crippen LogP contribution in [0.3, 0.4) is 0 Å². The average molecular weight is 387 g/mol. The number of anilines is 3. The van der Waals surface area contributed by atoms with Gasteiger partial charge in [0.05, 0.1) is 30.3 Å². The molecule has 10 nitrogen and oxygen atoms in total. The number of nitrogens with zero attached hydrogens (tertiary/aromatic N) is 6. The van der Waals surface area contributed by atoms with E-state index < -0.39 is 0 Å². The quantitative estimate of drug-likeness (QED) is 0.456. The van der Waals surface area contributed by atoms with Crippen molar-refractivity contribution in [3.63, 3.8) is 0 Å². The van der Waals surface area contributed by atoms with Crippen molar-refractivity contribution in [1.29, 1.82) is 0 Å². The van der Waals surface area contributed by atoms with Gasteiger partial charge in [-0.2, -0.15) is 5.10 Å². The fourth-order valence-corrected chi connectivity index (χ4v) is 2.56. The molecule has 1 amide bonds. The molecule has 4 N–H and O–H groups in total. The number of hydrogen-bond acceptors (Lipinski definition) is 8. The van der Waals surface area contributed by atoms with Gasteiger partial charge in [-0.3, -0.25) is 9.78 Å². The second-order valence-corrected chi connectivity index (χ2v) is 5.99. The first-order valence-corrected chi connectivity index (χ1v) is 8.72. The van der Waals surface area contributed by atoms with Crippen LogP contribution >= 0.6 is 0 Å². The summed E-state index contributed by atoms with van der Waals surface area (Å²) in [6, 6.07) is 8.87. The predicted molar refractivity (Wildman–Crippen MR) is 107 cm³/mol. The zero-order valence-electron chi connectivity index (χ0n) is 15.2. The molecule has 0 aromatic carbocycles. The molecular formula is C19H17N9O. The van der Waals surface area contributed by atoms with Crippen LogP contribution in [0.25, 0.3) is 5.82 Å². The normalized spacial score (nSPS) is 10.5. The van der Waals surface area contributed by atoms with E-state index in [4.69, 9.17) is 5.73 Å². The van der Waals surface area contributed by atoms with Crippen molar-refractivity contribution in [2.75, 3.05) is 16.4 Å². The Morgan fingerprint density at radius 1 is 1.03 bits per heavy atom. The molecule has 0 saturated carbocycles. The number of carbonyl (C=O) groups excluding carboxylic acids is 1. The second kappa shape index (κ2) is 8.13. The number of pyridine rings is 2. The average Bonchev–Trinajstić information content (AvgIpc) is 3.28. The highest BCUT2D eigenvalue weighted by Crippen LogP contribution is 2.16. The van der Waals surface area contributed by atoms with Crippen LogP contribution in [-0.4, -0.2) is 35.6 Å². The fourth-order valence-electron chi connectivity index (χ4n) is 2.56. The first-order chi connectivity index (χ1) is 14.2. The Labute approximate surface area is 165 Å². The second-order valence-electron chi connectivity index (χ2n) is 5.99. The van der Waals surface area contributed by atoms with Crippen molar-refractivity contribution >= 4 is 23.1 Å². The summed E-state index contributed by atoms with van der Waals surface area (Å²) in [5, 5.41) is 10.0. The fraction of sp³-hybridized carbons (Fsp3) is 0.0526. The number of nitrogens with one attached hydrogen (secondary N) is 2. The van der Waals surface area contributed by atoms with Crippen molar-refractivity contribution in [3.05, 3.63) is 78.9 Å². The summed E-state index contributed by atoms with van der Waals surface area (Å²) in [6.45, 7) is 0.429. The monoisotopic (exact) mass is 387 g/mol. The van der Waals surface area contributed by atoms with Gasteiger partial charge in [0.15, 0.2) is 5.82 Å². The Morgan fingerprint density at radius 3 is 2.72 bits per heavy atom. The summed E-state index contributed by atoms with van der Waals surface area (Å²) in [5.74, 6) is 0.568. The summed E-state index contributed by atoms with van der Waals surface area (Å²) in [7, 11) is 0. The molecule has 0 fully saturated rings. The van der Waals surface area contributed by atoms with Gasteiger partial charge in [0.2, 0.25) is 0 Å². The minimum absolute atomic E-state index is 0.195. The molecule has 0 saturated heterocycles. The van der Waals surface area contributed by atoms with Crippen LogP contribution in [0.15, 0.2) is 67.5 Å². The Kier molecular flexibility index (Phi) is 5.06. The maximum atomic E-state index is 12.5. The number of amides is 1. The maximum Gasteiger partial charge on any atom is 0.275 e. The van der Waals surface area contributed by atoms with Crippen LogP contribution in [0.5, 0.6) is 0 Å². The molecule has 0 radical (unpaired) electrons. The molecule has 4 aromatic heterocycles. The first-order valence-electron chi connectivity index (χ1n) is 8.72. The highest BCUT2D eigenvalue weighted by molar-refractivity contribution is 6.02. The highest BCUT2D eigenvalue weighted by Gasteiger charge is 2.10. The SMILES string of the molecule is Nc1ncccc1NCc1cc(NC(=O)c2cnc(-n3cccn3)cn2)ccn1. The van der Waals surface area contributed by atoms with E-state index in [2.05, 4.69) is 35.7 Å².